The third kappa shape index (κ3) is 7.34. The molecule has 0 spiro atoms. The fourth-order valence-electron chi connectivity index (χ4n) is 3.41. The lowest BCUT2D eigenvalue weighted by molar-refractivity contribution is 0.0953. The van der Waals surface area contributed by atoms with Crippen LogP contribution in [0, 0.1) is 11.6 Å². The number of hydrogen-bond donors (Lipinski definition) is 3. The summed E-state index contributed by atoms with van der Waals surface area (Å²) in [4.78, 5) is 18.1. The van der Waals surface area contributed by atoms with Crippen LogP contribution in [-0.2, 0) is 0 Å². The second kappa shape index (κ2) is 12.4. The zero-order valence-electron chi connectivity index (χ0n) is 17.4. The molecule has 1 heterocycles. The van der Waals surface area contributed by atoms with Crippen molar-refractivity contribution in [2.45, 2.75) is 18.9 Å². The lowest BCUT2D eigenvalue weighted by Gasteiger charge is -2.21. The Hall–Kier alpha value is -2.43. The molecule has 1 saturated heterocycles. The Labute approximate surface area is 198 Å². The number of amides is 1. The summed E-state index contributed by atoms with van der Waals surface area (Å²) in [5.74, 6) is -0.543. The molecule has 2 aromatic rings. The Bertz CT molecular complexity index is 881. The van der Waals surface area contributed by atoms with Crippen LogP contribution >= 0.6 is 24.0 Å². The van der Waals surface area contributed by atoms with Crippen LogP contribution in [0.4, 0.5) is 14.5 Å². The molecule has 0 bridgehead atoms. The van der Waals surface area contributed by atoms with Gasteiger partial charge in [0, 0.05) is 50.9 Å². The largest absolute Gasteiger partial charge is 0.367 e. The normalized spacial score (nSPS) is 15.9. The monoisotopic (exact) mass is 543 g/mol. The minimum Gasteiger partial charge on any atom is -0.367 e. The molecule has 3 N–H and O–H groups in total. The van der Waals surface area contributed by atoms with Gasteiger partial charge in [0.15, 0.2) is 5.96 Å². The number of carbonyl (C=O) groups is 1. The van der Waals surface area contributed by atoms with E-state index in [0.717, 1.165) is 18.9 Å². The van der Waals surface area contributed by atoms with Gasteiger partial charge < -0.3 is 20.9 Å². The van der Waals surface area contributed by atoms with Crippen LogP contribution in [0.2, 0.25) is 0 Å². The summed E-state index contributed by atoms with van der Waals surface area (Å²) in [6.45, 7) is 2.50. The van der Waals surface area contributed by atoms with E-state index in [4.69, 9.17) is 0 Å². The molecule has 9 heteroatoms. The predicted molar refractivity (Wildman–Crippen MR) is 130 cm³/mol. The number of carbonyl (C=O) groups excluding carboxylic acids is 1. The Balaban J connectivity index is 0.00000341. The SMILES string of the molecule is CN=C(NCCCNC(=O)c1ccccc1)NC1CCN(c2ccc(F)cc2F)C1.I. The van der Waals surface area contributed by atoms with Gasteiger partial charge in [0.05, 0.1) is 5.69 Å². The number of halogens is 3. The van der Waals surface area contributed by atoms with Crippen molar-refractivity contribution in [1.29, 1.82) is 0 Å². The highest BCUT2D eigenvalue weighted by Gasteiger charge is 2.25. The first-order chi connectivity index (χ1) is 14.6. The number of hydrogen-bond acceptors (Lipinski definition) is 3. The van der Waals surface area contributed by atoms with Gasteiger partial charge in [0.2, 0.25) is 0 Å². The average molecular weight is 543 g/mol. The van der Waals surface area contributed by atoms with E-state index in [2.05, 4.69) is 20.9 Å². The van der Waals surface area contributed by atoms with Crippen molar-refractivity contribution in [1.82, 2.24) is 16.0 Å². The summed E-state index contributed by atoms with van der Waals surface area (Å²) < 4.78 is 27.1. The molecule has 0 saturated carbocycles. The Morgan fingerprint density at radius 2 is 1.87 bits per heavy atom. The van der Waals surface area contributed by atoms with Gasteiger partial charge in [-0.05, 0) is 37.1 Å². The number of nitrogens with zero attached hydrogens (tertiary/aromatic N) is 2. The molecule has 0 aliphatic carbocycles. The Morgan fingerprint density at radius 3 is 2.58 bits per heavy atom. The van der Waals surface area contributed by atoms with Crippen LogP contribution in [0.5, 0.6) is 0 Å². The van der Waals surface area contributed by atoms with Crippen LogP contribution in [0.3, 0.4) is 0 Å². The van der Waals surface area contributed by atoms with E-state index < -0.39 is 11.6 Å². The smallest absolute Gasteiger partial charge is 0.251 e. The number of rotatable bonds is 7. The molecule has 1 fully saturated rings. The van der Waals surface area contributed by atoms with Crippen LogP contribution in [-0.4, -0.2) is 51.1 Å². The van der Waals surface area contributed by atoms with Gasteiger partial charge >= 0.3 is 0 Å². The topological polar surface area (TPSA) is 68.8 Å². The molecule has 6 nitrogen and oxygen atoms in total. The third-order valence-electron chi connectivity index (χ3n) is 4.97. The molecule has 1 unspecified atom stereocenters. The van der Waals surface area contributed by atoms with E-state index in [1.54, 1.807) is 19.2 Å². The van der Waals surface area contributed by atoms with Crippen molar-refractivity contribution >= 4 is 41.5 Å². The standard InChI is InChI=1S/C22H27F2N5O.HI/c1-25-22(27-12-5-11-26-21(30)16-6-3-2-4-7-16)28-18-10-13-29(15-18)20-9-8-17(23)14-19(20)24;/h2-4,6-9,14,18H,5,10-13,15H2,1H3,(H,26,30)(H2,25,27,28);1H. The number of anilines is 1. The summed E-state index contributed by atoms with van der Waals surface area (Å²) in [7, 11) is 1.69. The van der Waals surface area contributed by atoms with Gasteiger partial charge in [0.1, 0.15) is 11.6 Å². The molecule has 31 heavy (non-hydrogen) atoms. The zero-order chi connectivity index (χ0) is 21.3. The molecule has 168 valence electrons. The van der Waals surface area contributed by atoms with Gasteiger partial charge in [-0.2, -0.15) is 0 Å². The van der Waals surface area contributed by atoms with E-state index in [-0.39, 0.29) is 35.9 Å². The van der Waals surface area contributed by atoms with Gasteiger partial charge in [-0.1, -0.05) is 18.2 Å². The first kappa shape index (κ1) is 24.8. The Morgan fingerprint density at radius 1 is 1.13 bits per heavy atom. The highest BCUT2D eigenvalue weighted by Crippen LogP contribution is 2.24. The number of aliphatic imine (C=N–C) groups is 1. The first-order valence-electron chi connectivity index (χ1n) is 10.1. The quantitative estimate of drug-likeness (QED) is 0.217. The van der Waals surface area contributed by atoms with Crippen LogP contribution in [0.25, 0.3) is 0 Å². The maximum atomic E-state index is 14.0. The summed E-state index contributed by atoms with van der Waals surface area (Å²) in [6, 6.07) is 12.9. The van der Waals surface area contributed by atoms with Gasteiger partial charge in [-0.15, -0.1) is 24.0 Å². The van der Waals surface area contributed by atoms with Gasteiger partial charge in [0.25, 0.3) is 5.91 Å². The third-order valence-corrected chi connectivity index (χ3v) is 4.97. The molecule has 0 aromatic heterocycles. The second-order valence-corrected chi connectivity index (χ2v) is 7.15. The second-order valence-electron chi connectivity index (χ2n) is 7.15. The molecular weight excluding hydrogens is 515 g/mol. The predicted octanol–water partition coefficient (Wildman–Crippen LogP) is 3.15. The van der Waals surface area contributed by atoms with Gasteiger partial charge in [-0.3, -0.25) is 9.79 Å². The van der Waals surface area contributed by atoms with Crippen LogP contribution in [0.15, 0.2) is 53.5 Å². The van der Waals surface area contributed by atoms with Crippen molar-refractivity contribution in [3.8, 4) is 0 Å². The van der Waals surface area contributed by atoms with Gasteiger partial charge in [-0.25, -0.2) is 8.78 Å². The van der Waals surface area contributed by atoms with E-state index in [9.17, 15) is 13.6 Å². The number of benzene rings is 2. The lowest BCUT2D eigenvalue weighted by atomic mass is 10.2. The average Bonchev–Trinajstić information content (AvgIpc) is 3.21. The summed E-state index contributed by atoms with van der Waals surface area (Å²) in [5.41, 5.74) is 1.06. The molecule has 1 atom stereocenters. The van der Waals surface area contributed by atoms with E-state index >= 15 is 0 Å². The molecule has 2 aromatic carbocycles. The van der Waals surface area contributed by atoms with Crippen molar-refractivity contribution < 1.29 is 13.6 Å². The summed E-state index contributed by atoms with van der Waals surface area (Å²) in [6.07, 6.45) is 1.57. The zero-order valence-corrected chi connectivity index (χ0v) is 19.7. The van der Waals surface area contributed by atoms with Crippen LogP contribution < -0.4 is 20.9 Å². The highest BCUT2D eigenvalue weighted by atomic mass is 127. The van der Waals surface area contributed by atoms with E-state index in [1.807, 2.05) is 23.1 Å². The van der Waals surface area contributed by atoms with Crippen molar-refractivity contribution in [3.05, 3.63) is 65.7 Å². The summed E-state index contributed by atoms with van der Waals surface area (Å²) in [5, 5.41) is 9.45. The van der Waals surface area contributed by atoms with Crippen molar-refractivity contribution in [3.63, 3.8) is 0 Å². The molecule has 1 aliphatic rings. The van der Waals surface area contributed by atoms with Crippen LogP contribution in [0.1, 0.15) is 23.2 Å². The molecule has 1 amide bonds. The number of nitrogens with one attached hydrogen (secondary N) is 3. The maximum Gasteiger partial charge on any atom is 0.251 e. The van der Waals surface area contributed by atoms with E-state index in [1.165, 1.54) is 12.1 Å². The first-order valence-corrected chi connectivity index (χ1v) is 10.1. The fraction of sp³-hybridized carbons (Fsp3) is 0.364. The lowest BCUT2D eigenvalue weighted by Crippen LogP contribution is -2.45. The van der Waals surface area contributed by atoms with Crippen molar-refractivity contribution in [2.75, 3.05) is 38.1 Å². The van der Waals surface area contributed by atoms with E-state index in [0.29, 0.717) is 43.4 Å². The highest BCUT2D eigenvalue weighted by molar-refractivity contribution is 14.0. The molecule has 0 radical (unpaired) electrons. The molecule has 3 rings (SSSR count). The maximum absolute atomic E-state index is 14.0. The fourth-order valence-corrected chi connectivity index (χ4v) is 3.41. The van der Waals surface area contributed by atoms with Crippen molar-refractivity contribution in [2.24, 2.45) is 4.99 Å². The molecular formula is C22H28F2IN5O. The minimum absolute atomic E-state index is 0. The number of guanidine groups is 1. The summed E-state index contributed by atoms with van der Waals surface area (Å²) >= 11 is 0. The Kier molecular flexibility index (Phi) is 9.96. The molecule has 1 aliphatic heterocycles. The minimum atomic E-state index is -0.574.